The van der Waals surface area contributed by atoms with E-state index in [1.807, 2.05) is 32.0 Å². The van der Waals surface area contributed by atoms with Gasteiger partial charge in [0.2, 0.25) is 5.91 Å². The van der Waals surface area contributed by atoms with E-state index in [1.54, 1.807) is 0 Å². The summed E-state index contributed by atoms with van der Waals surface area (Å²) in [4.78, 5) is 24.8. The first-order valence-electron chi connectivity index (χ1n) is 7.74. The van der Waals surface area contributed by atoms with Gasteiger partial charge in [0.05, 0.1) is 5.41 Å². The fraction of sp³-hybridized carbons (Fsp3) is 0.556. The van der Waals surface area contributed by atoms with E-state index in [4.69, 9.17) is 0 Å². The van der Waals surface area contributed by atoms with Gasteiger partial charge < -0.3 is 5.32 Å². The number of rotatable bonds is 2. The number of nitrogens with one attached hydrogen (secondary N) is 1. The van der Waals surface area contributed by atoms with Crippen LogP contribution in [0.5, 0.6) is 0 Å². The van der Waals surface area contributed by atoms with Crippen molar-refractivity contribution in [1.82, 2.24) is 0 Å². The lowest BCUT2D eigenvalue weighted by Gasteiger charge is -2.26. The fourth-order valence-corrected chi connectivity index (χ4v) is 3.74. The molecule has 0 saturated heterocycles. The van der Waals surface area contributed by atoms with E-state index in [9.17, 15) is 9.59 Å². The monoisotopic (exact) mass is 285 g/mol. The van der Waals surface area contributed by atoms with Crippen molar-refractivity contribution in [2.75, 3.05) is 5.32 Å². The van der Waals surface area contributed by atoms with Gasteiger partial charge in [-0.2, -0.15) is 0 Å². The number of benzene rings is 1. The molecule has 0 radical (unpaired) electrons. The van der Waals surface area contributed by atoms with Crippen molar-refractivity contribution in [3.8, 4) is 0 Å². The van der Waals surface area contributed by atoms with Crippen molar-refractivity contribution >= 4 is 17.4 Å². The highest BCUT2D eigenvalue weighted by molar-refractivity contribution is 6.07. The molecule has 0 aromatic heterocycles. The minimum Gasteiger partial charge on any atom is -0.325 e. The highest BCUT2D eigenvalue weighted by Gasteiger charge is 2.42. The Labute approximate surface area is 126 Å². The Bertz CT molecular complexity index is 628. The van der Waals surface area contributed by atoms with Crippen LogP contribution >= 0.6 is 0 Å². The van der Waals surface area contributed by atoms with E-state index in [1.165, 1.54) is 0 Å². The highest BCUT2D eigenvalue weighted by atomic mass is 16.2. The Morgan fingerprint density at radius 1 is 1.24 bits per heavy atom. The van der Waals surface area contributed by atoms with Gasteiger partial charge in [0.25, 0.3) is 0 Å². The molecule has 1 aliphatic carbocycles. The van der Waals surface area contributed by atoms with E-state index in [2.05, 4.69) is 19.2 Å². The lowest BCUT2D eigenvalue weighted by atomic mass is 9.77. The van der Waals surface area contributed by atoms with Crippen LogP contribution in [-0.4, -0.2) is 11.7 Å². The summed E-state index contributed by atoms with van der Waals surface area (Å²) in [7, 11) is 0. The number of Topliss-reactive ketones (excluding diaryl/α,β-unsaturated/α-hetero) is 1. The molecule has 0 spiro atoms. The number of hydrogen-bond donors (Lipinski definition) is 1. The summed E-state index contributed by atoms with van der Waals surface area (Å²) in [6.45, 7) is 8.18. The summed E-state index contributed by atoms with van der Waals surface area (Å²) < 4.78 is 0. The zero-order valence-electron chi connectivity index (χ0n) is 13.2. The van der Waals surface area contributed by atoms with Crippen LogP contribution in [0.25, 0.3) is 0 Å². The van der Waals surface area contributed by atoms with E-state index in [-0.39, 0.29) is 23.0 Å². The van der Waals surface area contributed by atoms with E-state index in [0.29, 0.717) is 0 Å². The number of fused-ring (bicyclic) bond motifs is 1. The van der Waals surface area contributed by atoms with Crippen molar-refractivity contribution in [3.05, 3.63) is 29.3 Å². The molecule has 1 N–H and O–H groups in total. The molecule has 1 saturated carbocycles. The molecule has 1 aliphatic heterocycles. The topological polar surface area (TPSA) is 46.2 Å². The lowest BCUT2D eigenvalue weighted by Crippen LogP contribution is -2.28. The average molecular weight is 285 g/mol. The molecule has 1 unspecified atom stereocenters. The van der Waals surface area contributed by atoms with Gasteiger partial charge in [-0.05, 0) is 55.9 Å². The van der Waals surface area contributed by atoms with Gasteiger partial charge in [-0.25, -0.2) is 0 Å². The molecular formula is C18H23NO2. The summed E-state index contributed by atoms with van der Waals surface area (Å²) >= 11 is 0. The van der Waals surface area contributed by atoms with E-state index >= 15 is 0 Å². The minimum atomic E-state index is -0.559. The molecule has 1 amide bonds. The molecule has 3 rings (SSSR count). The maximum atomic E-state index is 12.8. The zero-order chi connectivity index (χ0) is 15.4. The Morgan fingerprint density at radius 3 is 2.57 bits per heavy atom. The lowest BCUT2D eigenvalue weighted by molar-refractivity contribution is -0.119. The molecule has 0 bridgehead atoms. The van der Waals surface area contributed by atoms with Crippen molar-refractivity contribution in [2.24, 2.45) is 11.3 Å². The summed E-state index contributed by atoms with van der Waals surface area (Å²) in [5, 5.41) is 2.89. The van der Waals surface area contributed by atoms with Gasteiger partial charge in [0, 0.05) is 17.2 Å². The molecule has 21 heavy (non-hydrogen) atoms. The molecule has 1 heterocycles. The summed E-state index contributed by atoms with van der Waals surface area (Å²) in [6, 6.07) is 5.65. The summed E-state index contributed by atoms with van der Waals surface area (Å²) in [5.74, 6) is 0.336. The summed E-state index contributed by atoms with van der Waals surface area (Å²) in [5.41, 5.74) is 2.05. The zero-order valence-corrected chi connectivity index (χ0v) is 13.2. The van der Waals surface area contributed by atoms with Gasteiger partial charge >= 0.3 is 0 Å². The van der Waals surface area contributed by atoms with E-state index in [0.717, 1.165) is 36.1 Å². The number of anilines is 1. The van der Waals surface area contributed by atoms with Gasteiger partial charge in [-0.15, -0.1) is 0 Å². The molecule has 1 fully saturated rings. The molecule has 3 heteroatoms. The Kier molecular flexibility index (Phi) is 3.01. The third-order valence-electron chi connectivity index (χ3n) is 5.37. The largest absolute Gasteiger partial charge is 0.325 e. The third-order valence-corrected chi connectivity index (χ3v) is 5.37. The molecule has 2 aliphatic rings. The number of carbonyl (C=O) groups is 2. The van der Waals surface area contributed by atoms with Gasteiger partial charge in [0.15, 0.2) is 5.78 Å². The predicted molar refractivity (Wildman–Crippen MR) is 83.6 cm³/mol. The fourth-order valence-electron chi connectivity index (χ4n) is 3.74. The Morgan fingerprint density at radius 2 is 1.95 bits per heavy atom. The van der Waals surface area contributed by atoms with Crippen LogP contribution in [-0.2, 0) is 10.2 Å². The molecule has 1 aromatic carbocycles. The standard InChI is InChI=1S/C18H23NO2/c1-17(2)9-5-6-12(17)15(20)11-7-8-14-13(10-11)18(3,4)16(21)19-14/h7-8,10,12H,5-6,9H2,1-4H3,(H,19,21). The van der Waals surface area contributed by atoms with Crippen LogP contribution in [0.2, 0.25) is 0 Å². The van der Waals surface area contributed by atoms with Crippen LogP contribution < -0.4 is 5.32 Å². The Balaban J connectivity index is 1.97. The number of ketones is 1. The second-order valence-electron chi connectivity index (χ2n) is 7.64. The number of hydrogen-bond acceptors (Lipinski definition) is 2. The smallest absolute Gasteiger partial charge is 0.234 e. The van der Waals surface area contributed by atoms with Crippen molar-refractivity contribution in [1.29, 1.82) is 0 Å². The average Bonchev–Trinajstić information content (AvgIpc) is 2.87. The van der Waals surface area contributed by atoms with Crippen molar-refractivity contribution < 1.29 is 9.59 Å². The maximum Gasteiger partial charge on any atom is 0.234 e. The molecule has 1 atom stereocenters. The second kappa shape index (κ2) is 4.43. The molecular weight excluding hydrogens is 262 g/mol. The molecule has 3 nitrogen and oxygen atoms in total. The first-order valence-corrected chi connectivity index (χ1v) is 7.74. The van der Waals surface area contributed by atoms with Crippen LogP contribution in [0.3, 0.4) is 0 Å². The first-order chi connectivity index (χ1) is 9.73. The molecule has 1 aromatic rings. The summed E-state index contributed by atoms with van der Waals surface area (Å²) in [6.07, 6.45) is 3.21. The quantitative estimate of drug-likeness (QED) is 0.837. The van der Waals surface area contributed by atoms with Crippen molar-refractivity contribution in [2.45, 2.75) is 52.4 Å². The highest BCUT2D eigenvalue weighted by Crippen LogP contribution is 2.45. The van der Waals surface area contributed by atoms with Crippen LogP contribution in [0, 0.1) is 11.3 Å². The van der Waals surface area contributed by atoms with Crippen molar-refractivity contribution in [3.63, 3.8) is 0 Å². The third kappa shape index (κ3) is 2.10. The normalized spacial score (nSPS) is 25.5. The van der Waals surface area contributed by atoms with Gasteiger partial charge in [0.1, 0.15) is 0 Å². The number of amides is 1. The number of carbonyl (C=O) groups excluding carboxylic acids is 2. The first kappa shape index (κ1) is 14.3. The predicted octanol–water partition coefficient (Wildman–Crippen LogP) is 3.93. The SMILES string of the molecule is CC1(C)C(=O)Nc2ccc(C(=O)C3CCCC3(C)C)cc21. The van der Waals surface area contributed by atoms with Gasteiger partial charge in [-0.3, -0.25) is 9.59 Å². The Hall–Kier alpha value is -1.64. The minimum absolute atomic E-state index is 0.00305. The second-order valence-corrected chi connectivity index (χ2v) is 7.64. The van der Waals surface area contributed by atoms with Crippen LogP contribution in [0.4, 0.5) is 5.69 Å². The van der Waals surface area contributed by atoms with E-state index < -0.39 is 5.41 Å². The van der Waals surface area contributed by atoms with Crippen LogP contribution in [0.15, 0.2) is 18.2 Å². The molecule has 112 valence electrons. The van der Waals surface area contributed by atoms with Crippen LogP contribution in [0.1, 0.15) is 62.9 Å². The van der Waals surface area contributed by atoms with Gasteiger partial charge in [-0.1, -0.05) is 20.3 Å². The maximum absolute atomic E-state index is 12.8.